The molecule has 0 fully saturated rings. The fourth-order valence-corrected chi connectivity index (χ4v) is 13.4. The largest absolute Gasteiger partial charge is 0.311 e. The van der Waals surface area contributed by atoms with Gasteiger partial charge in [-0.05, 0) is 183 Å². The smallest absolute Gasteiger partial charge is 0.0462 e. The van der Waals surface area contributed by atoms with Crippen LogP contribution < -0.4 is 9.80 Å². The Bertz CT molecular complexity index is 4720. The zero-order chi connectivity index (χ0) is 64.2. The van der Waals surface area contributed by atoms with E-state index in [2.05, 4.69) is 422 Å². The van der Waals surface area contributed by atoms with Gasteiger partial charge in [-0.2, -0.15) is 0 Å². The summed E-state index contributed by atoms with van der Waals surface area (Å²) in [7, 11) is 0. The lowest BCUT2D eigenvalue weighted by atomic mass is 9.77. The number of rotatable bonds is 15. The maximum absolute atomic E-state index is 2.30. The van der Waals surface area contributed by atoms with Crippen molar-refractivity contribution in [3.05, 3.63) is 411 Å². The van der Waals surface area contributed by atoms with Crippen LogP contribution in [0.4, 0.5) is 34.1 Å². The Labute approximate surface area is 578 Å². The van der Waals surface area contributed by atoms with Crippen LogP contribution in [0.3, 0.4) is 0 Å². The highest BCUT2D eigenvalue weighted by Gasteiger charge is 2.26. The molecule has 16 rings (SSSR count). The topological polar surface area (TPSA) is 6.48 Å². The third kappa shape index (κ3) is 13.7. The van der Waals surface area contributed by atoms with Crippen LogP contribution in [0.25, 0.3) is 112 Å². The Balaban J connectivity index is 0.000000178. The third-order valence-corrected chi connectivity index (χ3v) is 17.9. The molecule has 0 unspecified atom stereocenters. The molecular formula is C96H76N2. The molecule has 16 aromatic carbocycles. The predicted molar refractivity (Wildman–Crippen MR) is 426 cm³/mol. The molecule has 0 aromatic heterocycles. The van der Waals surface area contributed by atoms with Crippen molar-refractivity contribution in [1.82, 2.24) is 0 Å². The summed E-state index contributed by atoms with van der Waals surface area (Å²) in [5.74, 6) is 0. The SMILES string of the molecule is C.C.C(=Cc1ccc(N(c2ccccc2)c2ccccc2)cc1)c1ccc(-c2ccc(C=Cc3ccc(N(c4ccccc4)c4ccccc4)cc3)cc2)cc1.c1ccc(-c2c3ccccc3c(-c3ccccc3)c3c(-c4ccccc4)c4ccccc4c(-c4ccccc4)c23)cc1. The molecule has 0 spiro atoms. The van der Waals surface area contributed by atoms with E-state index in [1.165, 1.54) is 99.1 Å². The van der Waals surface area contributed by atoms with Crippen LogP contribution in [0.1, 0.15) is 37.1 Å². The molecule has 2 heteroatoms. The molecular weight excluding hydrogens is 1180 g/mol. The number of hydrogen-bond donors (Lipinski definition) is 0. The van der Waals surface area contributed by atoms with E-state index >= 15 is 0 Å². The van der Waals surface area contributed by atoms with Gasteiger partial charge < -0.3 is 9.80 Å². The molecule has 0 bridgehead atoms. The fraction of sp³-hybridized carbons (Fsp3) is 0.0208. The molecule has 0 atom stereocenters. The molecule has 0 radical (unpaired) electrons. The second-order valence-corrected chi connectivity index (χ2v) is 23.9. The fourth-order valence-electron chi connectivity index (χ4n) is 13.4. The van der Waals surface area contributed by atoms with Gasteiger partial charge in [-0.3, -0.25) is 0 Å². The Morgan fingerprint density at radius 1 is 0.153 bits per heavy atom. The van der Waals surface area contributed by atoms with E-state index in [1.54, 1.807) is 0 Å². The number of para-hydroxylation sites is 4. The summed E-state index contributed by atoms with van der Waals surface area (Å²) in [5, 5.41) is 7.65. The van der Waals surface area contributed by atoms with Crippen molar-refractivity contribution in [3.63, 3.8) is 0 Å². The second kappa shape index (κ2) is 30.2. The monoisotopic (exact) mass is 1260 g/mol. The zero-order valence-corrected chi connectivity index (χ0v) is 53.2. The van der Waals surface area contributed by atoms with Gasteiger partial charge in [0.15, 0.2) is 0 Å². The number of anilines is 6. The molecule has 0 saturated carbocycles. The zero-order valence-electron chi connectivity index (χ0n) is 53.2. The molecule has 2 nitrogen and oxygen atoms in total. The first-order valence-electron chi connectivity index (χ1n) is 32.9. The van der Waals surface area contributed by atoms with Gasteiger partial charge in [0, 0.05) is 34.1 Å². The summed E-state index contributed by atoms with van der Waals surface area (Å²) < 4.78 is 0. The van der Waals surface area contributed by atoms with E-state index < -0.39 is 0 Å². The summed E-state index contributed by atoms with van der Waals surface area (Å²) in [6.45, 7) is 0. The van der Waals surface area contributed by atoms with Crippen LogP contribution in [-0.4, -0.2) is 0 Å². The molecule has 0 aliphatic rings. The van der Waals surface area contributed by atoms with E-state index in [4.69, 9.17) is 0 Å². The Hall–Kier alpha value is -12.6. The Morgan fingerprint density at radius 3 is 0.541 bits per heavy atom. The molecule has 0 saturated heterocycles. The lowest BCUT2D eigenvalue weighted by Gasteiger charge is -2.25. The summed E-state index contributed by atoms with van der Waals surface area (Å²) in [6.07, 6.45) is 8.69. The van der Waals surface area contributed by atoms with Crippen molar-refractivity contribution < 1.29 is 0 Å². The van der Waals surface area contributed by atoms with Crippen molar-refractivity contribution in [2.24, 2.45) is 0 Å². The van der Waals surface area contributed by atoms with Gasteiger partial charge in [0.2, 0.25) is 0 Å². The van der Waals surface area contributed by atoms with Crippen LogP contribution in [0.15, 0.2) is 388 Å². The van der Waals surface area contributed by atoms with Gasteiger partial charge in [-0.25, -0.2) is 0 Å². The van der Waals surface area contributed by atoms with Gasteiger partial charge >= 0.3 is 0 Å². The van der Waals surface area contributed by atoms with Gasteiger partial charge in [-0.15, -0.1) is 0 Å². The molecule has 0 aliphatic heterocycles. The van der Waals surface area contributed by atoms with Crippen molar-refractivity contribution in [1.29, 1.82) is 0 Å². The minimum Gasteiger partial charge on any atom is -0.311 e. The van der Waals surface area contributed by atoms with Crippen LogP contribution in [0, 0.1) is 0 Å². The van der Waals surface area contributed by atoms with Gasteiger partial charge in [0.25, 0.3) is 0 Å². The highest BCUT2D eigenvalue weighted by molar-refractivity contribution is 6.34. The minimum absolute atomic E-state index is 0. The maximum atomic E-state index is 2.30. The van der Waals surface area contributed by atoms with Crippen LogP contribution >= 0.6 is 0 Å². The van der Waals surface area contributed by atoms with Crippen LogP contribution in [0.5, 0.6) is 0 Å². The summed E-state index contributed by atoms with van der Waals surface area (Å²) in [5.41, 5.74) is 23.9. The van der Waals surface area contributed by atoms with Gasteiger partial charge in [0.1, 0.15) is 0 Å². The molecule has 98 heavy (non-hydrogen) atoms. The lowest BCUT2D eigenvalue weighted by molar-refractivity contribution is 1.28. The first kappa shape index (κ1) is 64.1. The number of hydrogen-bond acceptors (Lipinski definition) is 2. The number of fused-ring (bicyclic) bond motifs is 3. The van der Waals surface area contributed by atoms with Gasteiger partial charge in [-0.1, -0.05) is 355 Å². The van der Waals surface area contributed by atoms with Crippen molar-refractivity contribution in [2.75, 3.05) is 9.80 Å². The average molecular weight is 1260 g/mol. The highest BCUT2D eigenvalue weighted by Crippen LogP contribution is 2.53. The third-order valence-electron chi connectivity index (χ3n) is 17.9. The highest BCUT2D eigenvalue weighted by atomic mass is 15.1. The number of benzene rings is 16. The molecule has 0 heterocycles. The maximum Gasteiger partial charge on any atom is 0.0462 e. The first-order chi connectivity index (χ1) is 47.7. The van der Waals surface area contributed by atoms with Crippen LogP contribution in [0.2, 0.25) is 0 Å². The summed E-state index contributed by atoms with van der Waals surface area (Å²) >= 11 is 0. The lowest BCUT2D eigenvalue weighted by Crippen LogP contribution is -2.09. The normalized spacial score (nSPS) is 11.0. The molecule has 0 N–H and O–H groups in total. The first-order valence-corrected chi connectivity index (χ1v) is 32.9. The minimum atomic E-state index is 0. The predicted octanol–water partition coefficient (Wildman–Crippen LogP) is 27.7. The quantitative estimate of drug-likeness (QED) is 0.0746. The Morgan fingerprint density at radius 2 is 0.327 bits per heavy atom. The van der Waals surface area contributed by atoms with Crippen LogP contribution in [-0.2, 0) is 0 Å². The van der Waals surface area contributed by atoms with Crippen molar-refractivity contribution >= 4 is 90.7 Å². The summed E-state index contributed by atoms with van der Waals surface area (Å²) in [6, 6.07) is 139. The van der Waals surface area contributed by atoms with Crippen molar-refractivity contribution in [3.8, 4) is 55.6 Å². The average Bonchev–Trinajstić information content (AvgIpc) is 0.699. The van der Waals surface area contributed by atoms with E-state index in [-0.39, 0.29) is 14.9 Å². The molecule has 16 aromatic rings. The Kier molecular flexibility index (Phi) is 19.8. The van der Waals surface area contributed by atoms with E-state index in [1.807, 2.05) is 0 Å². The standard InChI is InChI=1S/C52H40N2.C42H28.2CH4/c1-5-13-47(14-6-1)53(48-15-7-2-8-16-48)51-37-29-43(30-38-51)23-21-41-25-33-45(34-26-41)46-35-27-42(28-36-46)22-24-44-31-39-52(40-32-44)54(49-17-9-3-10-18-49)50-19-11-4-12-20-50;1-5-17-29(18-6-1)37-33-25-13-14-26-34(33)39(31-21-9-3-10-22-31)42-40(32-23-11-4-12-24-32)36-28-16-15-27-35(36)38(41(37)42)30-19-7-2-8-20-30;;/h1-40H;1-28H;2*1H4. The number of nitrogens with zero attached hydrogens (tertiary/aromatic N) is 2. The molecule has 0 amide bonds. The van der Waals surface area contributed by atoms with Crippen molar-refractivity contribution in [2.45, 2.75) is 14.9 Å². The van der Waals surface area contributed by atoms with Gasteiger partial charge in [0.05, 0.1) is 0 Å². The second-order valence-electron chi connectivity index (χ2n) is 23.9. The van der Waals surface area contributed by atoms with E-state index in [9.17, 15) is 0 Å². The summed E-state index contributed by atoms with van der Waals surface area (Å²) in [4.78, 5) is 4.56. The van der Waals surface area contributed by atoms with E-state index in [0.717, 1.165) is 45.3 Å². The molecule has 0 aliphatic carbocycles. The van der Waals surface area contributed by atoms with E-state index in [0.29, 0.717) is 0 Å². The molecule has 470 valence electrons.